The number of nitrogens with zero attached hydrogens (tertiary/aromatic N) is 1. The van der Waals surface area contributed by atoms with Crippen LogP contribution in [0.2, 0.25) is 0 Å². The van der Waals surface area contributed by atoms with Gasteiger partial charge in [-0.2, -0.15) is 5.10 Å². The Morgan fingerprint density at radius 1 is 1.26 bits per heavy atom. The summed E-state index contributed by atoms with van der Waals surface area (Å²) in [5, 5.41) is 4.13. The molecule has 0 heterocycles. The molecule has 3 rings (SSSR count). The number of hydrogen-bond acceptors (Lipinski definition) is 2. The lowest BCUT2D eigenvalue weighted by Gasteiger charge is -2.16. The molecule has 0 aliphatic heterocycles. The van der Waals surface area contributed by atoms with Gasteiger partial charge in [-0.15, -0.1) is 0 Å². The molecular weight excluding hydrogens is 304 g/mol. The predicted octanol–water partition coefficient (Wildman–Crippen LogP) is 3.60. The third-order valence-electron chi connectivity index (χ3n) is 4.33. The molecule has 1 N–H and O–H groups in total. The molecule has 0 aromatic heterocycles. The Morgan fingerprint density at radius 2 is 2.05 bits per heavy atom. The van der Waals surface area contributed by atoms with Gasteiger partial charge in [-0.25, -0.2) is 5.43 Å². The molecule has 0 saturated heterocycles. The zero-order chi connectivity index (χ0) is 13.2. The Bertz CT molecular complexity index is 497. The highest BCUT2D eigenvalue weighted by molar-refractivity contribution is 9.10. The SMILES string of the molecule is O=C(N/N=C/C1CC2CCC1C2)c1ccc(Br)cc1. The van der Waals surface area contributed by atoms with Crippen LogP contribution in [0.4, 0.5) is 0 Å². The number of hydrogen-bond donors (Lipinski definition) is 1. The lowest BCUT2D eigenvalue weighted by Crippen LogP contribution is -2.20. The number of hydrazone groups is 1. The predicted molar refractivity (Wildman–Crippen MR) is 79.0 cm³/mol. The van der Waals surface area contributed by atoms with Gasteiger partial charge in [0.2, 0.25) is 0 Å². The molecule has 2 saturated carbocycles. The maximum Gasteiger partial charge on any atom is 0.271 e. The monoisotopic (exact) mass is 320 g/mol. The molecule has 3 nitrogen and oxygen atoms in total. The number of nitrogens with one attached hydrogen (secondary N) is 1. The third kappa shape index (κ3) is 2.89. The topological polar surface area (TPSA) is 41.5 Å². The first-order valence-corrected chi connectivity index (χ1v) is 7.61. The van der Waals surface area contributed by atoms with Crippen LogP contribution in [0.15, 0.2) is 33.8 Å². The van der Waals surface area contributed by atoms with E-state index in [1.165, 1.54) is 25.7 Å². The quantitative estimate of drug-likeness (QED) is 0.671. The summed E-state index contributed by atoms with van der Waals surface area (Å²) < 4.78 is 0.967. The van der Waals surface area contributed by atoms with Gasteiger partial charge in [0, 0.05) is 16.3 Å². The van der Waals surface area contributed by atoms with Gasteiger partial charge in [0.05, 0.1) is 0 Å². The fourth-order valence-electron chi connectivity index (χ4n) is 3.33. The standard InChI is InChI=1S/C15H17BrN2O/c16-14-5-3-11(4-6-14)15(19)18-17-9-13-8-10-1-2-12(13)7-10/h3-6,9-10,12-13H,1-2,7-8H2,(H,18,19)/b17-9+. The Hall–Kier alpha value is -1.16. The molecule has 1 amide bonds. The smallest absolute Gasteiger partial charge is 0.267 e. The molecule has 1 aromatic rings. The minimum Gasteiger partial charge on any atom is -0.267 e. The highest BCUT2D eigenvalue weighted by Gasteiger charge is 2.38. The fourth-order valence-corrected chi connectivity index (χ4v) is 3.60. The van der Waals surface area contributed by atoms with Gasteiger partial charge in [-0.3, -0.25) is 4.79 Å². The zero-order valence-electron chi connectivity index (χ0n) is 10.7. The molecule has 2 aliphatic rings. The van der Waals surface area contributed by atoms with Crippen molar-refractivity contribution in [1.29, 1.82) is 0 Å². The number of benzene rings is 1. The Kier molecular flexibility index (Phi) is 3.69. The van der Waals surface area contributed by atoms with Crippen LogP contribution in [0.25, 0.3) is 0 Å². The average Bonchev–Trinajstić information content (AvgIpc) is 3.02. The summed E-state index contributed by atoms with van der Waals surface area (Å²) in [6.45, 7) is 0. The summed E-state index contributed by atoms with van der Waals surface area (Å²) in [7, 11) is 0. The van der Waals surface area contributed by atoms with E-state index >= 15 is 0 Å². The summed E-state index contributed by atoms with van der Waals surface area (Å²) in [4.78, 5) is 11.8. The van der Waals surface area contributed by atoms with Gasteiger partial charge in [0.25, 0.3) is 5.91 Å². The van der Waals surface area contributed by atoms with E-state index < -0.39 is 0 Å². The second-order valence-electron chi connectivity index (χ2n) is 5.56. The van der Waals surface area contributed by atoms with Crippen molar-refractivity contribution in [3.63, 3.8) is 0 Å². The first-order chi connectivity index (χ1) is 9.22. The molecule has 0 spiro atoms. The summed E-state index contributed by atoms with van der Waals surface area (Å²) in [6.07, 6.45) is 7.28. The van der Waals surface area contributed by atoms with Crippen molar-refractivity contribution < 1.29 is 4.79 Å². The van der Waals surface area contributed by atoms with Crippen molar-refractivity contribution in [3.05, 3.63) is 34.3 Å². The van der Waals surface area contributed by atoms with Crippen LogP contribution in [0.3, 0.4) is 0 Å². The highest BCUT2D eigenvalue weighted by atomic mass is 79.9. The Balaban J connectivity index is 1.54. The largest absolute Gasteiger partial charge is 0.271 e. The van der Waals surface area contributed by atoms with Crippen molar-refractivity contribution >= 4 is 28.1 Å². The summed E-state index contributed by atoms with van der Waals surface area (Å²) in [6, 6.07) is 7.28. The third-order valence-corrected chi connectivity index (χ3v) is 4.86. The molecular formula is C15H17BrN2O. The van der Waals surface area contributed by atoms with Crippen LogP contribution < -0.4 is 5.43 Å². The summed E-state index contributed by atoms with van der Waals surface area (Å²) >= 11 is 3.35. The minimum atomic E-state index is -0.146. The van der Waals surface area contributed by atoms with E-state index in [9.17, 15) is 4.79 Å². The van der Waals surface area contributed by atoms with Crippen molar-refractivity contribution in [2.24, 2.45) is 22.9 Å². The first kappa shape index (κ1) is 12.9. The molecule has 3 atom stereocenters. The fraction of sp³-hybridized carbons (Fsp3) is 0.467. The molecule has 3 unspecified atom stereocenters. The van der Waals surface area contributed by atoms with Crippen LogP contribution in [0, 0.1) is 17.8 Å². The molecule has 2 aliphatic carbocycles. The first-order valence-electron chi connectivity index (χ1n) is 6.81. The average molecular weight is 321 g/mol. The number of rotatable bonds is 3. The minimum absolute atomic E-state index is 0.146. The normalized spacial score (nSPS) is 29.0. The number of amides is 1. The summed E-state index contributed by atoms with van der Waals surface area (Å²) in [5.41, 5.74) is 3.25. The van der Waals surface area contributed by atoms with Crippen LogP contribution >= 0.6 is 15.9 Å². The van der Waals surface area contributed by atoms with Gasteiger partial charge in [-0.05, 0) is 61.3 Å². The zero-order valence-corrected chi connectivity index (χ0v) is 12.3. The maximum absolute atomic E-state index is 11.8. The van der Waals surface area contributed by atoms with E-state index in [2.05, 4.69) is 26.5 Å². The Labute approximate surface area is 121 Å². The molecule has 2 bridgehead atoms. The van der Waals surface area contributed by atoms with E-state index in [0.29, 0.717) is 11.5 Å². The van der Waals surface area contributed by atoms with Gasteiger partial charge < -0.3 is 0 Å². The van der Waals surface area contributed by atoms with Crippen LogP contribution in [0.1, 0.15) is 36.0 Å². The number of carbonyl (C=O) groups is 1. The second-order valence-corrected chi connectivity index (χ2v) is 6.48. The van der Waals surface area contributed by atoms with E-state index in [-0.39, 0.29) is 5.91 Å². The lowest BCUT2D eigenvalue weighted by atomic mass is 9.90. The van der Waals surface area contributed by atoms with Crippen LogP contribution in [-0.4, -0.2) is 12.1 Å². The summed E-state index contributed by atoms with van der Waals surface area (Å²) in [5.74, 6) is 2.14. The van der Waals surface area contributed by atoms with Crippen molar-refractivity contribution in [2.75, 3.05) is 0 Å². The lowest BCUT2D eigenvalue weighted by molar-refractivity contribution is 0.0955. The molecule has 4 heteroatoms. The van der Waals surface area contributed by atoms with E-state index in [1.54, 1.807) is 12.1 Å². The molecule has 0 radical (unpaired) electrons. The van der Waals surface area contributed by atoms with Crippen molar-refractivity contribution in [1.82, 2.24) is 5.43 Å². The number of carbonyl (C=O) groups excluding carboxylic acids is 1. The number of halogens is 1. The van der Waals surface area contributed by atoms with Crippen molar-refractivity contribution in [2.45, 2.75) is 25.7 Å². The molecule has 100 valence electrons. The van der Waals surface area contributed by atoms with Gasteiger partial charge in [0.15, 0.2) is 0 Å². The van der Waals surface area contributed by atoms with Crippen LogP contribution in [-0.2, 0) is 0 Å². The highest BCUT2D eigenvalue weighted by Crippen LogP contribution is 2.47. The van der Waals surface area contributed by atoms with Gasteiger partial charge in [-0.1, -0.05) is 22.4 Å². The number of fused-ring (bicyclic) bond motifs is 2. The van der Waals surface area contributed by atoms with E-state index in [4.69, 9.17) is 0 Å². The molecule has 1 aromatic carbocycles. The van der Waals surface area contributed by atoms with E-state index in [0.717, 1.165) is 16.3 Å². The Morgan fingerprint density at radius 3 is 2.68 bits per heavy atom. The van der Waals surface area contributed by atoms with Gasteiger partial charge in [0.1, 0.15) is 0 Å². The maximum atomic E-state index is 11.8. The van der Waals surface area contributed by atoms with Crippen LogP contribution in [0.5, 0.6) is 0 Å². The molecule has 2 fully saturated rings. The van der Waals surface area contributed by atoms with E-state index in [1.807, 2.05) is 18.3 Å². The second kappa shape index (κ2) is 5.45. The van der Waals surface area contributed by atoms with Gasteiger partial charge >= 0.3 is 0 Å². The van der Waals surface area contributed by atoms with Crippen molar-refractivity contribution in [3.8, 4) is 0 Å². The molecule has 19 heavy (non-hydrogen) atoms.